The van der Waals surface area contributed by atoms with Crippen molar-refractivity contribution in [2.75, 3.05) is 25.0 Å². The van der Waals surface area contributed by atoms with Crippen LogP contribution in [0.4, 0.5) is 10.2 Å². The molecule has 1 aromatic rings. The van der Waals surface area contributed by atoms with E-state index in [2.05, 4.69) is 34.0 Å². The Labute approximate surface area is 112 Å². The molecule has 2 rings (SSSR count). The Morgan fingerprint density at radius 2 is 2.39 bits per heavy atom. The van der Waals surface area contributed by atoms with E-state index in [-0.39, 0.29) is 11.1 Å². The first kappa shape index (κ1) is 13.5. The summed E-state index contributed by atoms with van der Waals surface area (Å²) < 4.78 is 13.4. The molecule has 1 aliphatic rings. The highest BCUT2D eigenvalue weighted by atomic mass is 35.5. The van der Waals surface area contributed by atoms with Gasteiger partial charge in [-0.3, -0.25) is 0 Å². The van der Waals surface area contributed by atoms with Crippen molar-refractivity contribution in [2.24, 2.45) is 5.92 Å². The Morgan fingerprint density at radius 1 is 1.61 bits per heavy atom. The monoisotopic (exact) mass is 272 g/mol. The fourth-order valence-electron chi connectivity index (χ4n) is 2.21. The molecule has 4 nitrogen and oxygen atoms in total. The zero-order chi connectivity index (χ0) is 13.1. The van der Waals surface area contributed by atoms with Crippen molar-refractivity contribution in [1.82, 2.24) is 14.9 Å². The number of hydrogen-bond donors (Lipinski definition) is 1. The van der Waals surface area contributed by atoms with Gasteiger partial charge in [0.25, 0.3) is 0 Å². The maximum absolute atomic E-state index is 13.4. The van der Waals surface area contributed by atoms with E-state index in [1.165, 1.54) is 0 Å². The van der Waals surface area contributed by atoms with Crippen molar-refractivity contribution < 1.29 is 4.39 Å². The van der Waals surface area contributed by atoms with Crippen LogP contribution < -0.4 is 5.32 Å². The van der Waals surface area contributed by atoms with E-state index < -0.39 is 5.82 Å². The molecule has 1 aromatic heterocycles. The molecule has 0 radical (unpaired) electrons. The van der Waals surface area contributed by atoms with Gasteiger partial charge in [0.15, 0.2) is 11.6 Å². The number of halogens is 2. The van der Waals surface area contributed by atoms with Crippen LogP contribution in [0, 0.1) is 11.7 Å². The predicted molar refractivity (Wildman–Crippen MR) is 70.3 cm³/mol. The third kappa shape index (κ3) is 3.29. The van der Waals surface area contributed by atoms with E-state index in [9.17, 15) is 4.39 Å². The summed E-state index contributed by atoms with van der Waals surface area (Å²) in [5.74, 6) is 0.261. The third-order valence-corrected chi connectivity index (χ3v) is 3.50. The van der Waals surface area contributed by atoms with Gasteiger partial charge in [0, 0.05) is 19.1 Å². The van der Waals surface area contributed by atoms with E-state index >= 15 is 0 Å². The number of rotatable bonds is 4. The molecule has 0 amide bonds. The second kappa shape index (κ2) is 5.80. The quantitative estimate of drug-likeness (QED) is 0.855. The van der Waals surface area contributed by atoms with Gasteiger partial charge in [-0.25, -0.2) is 9.37 Å². The van der Waals surface area contributed by atoms with Gasteiger partial charge in [-0.2, -0.15) is 4.98 Å². The fourth-order valence-corrected chi connectivity index (χ4v) is 2.34. The highest BCUT2D eigenvalue weighted by Gasteiger charge is 2.24. The largest absolute Gasteiger partial charge is 0.367 e. The highest BCUT2D eigenvalue weighted by Crippen LogP contribution is 2.20. The smallest absolute Gasteiger partial charge is 0.224 e. The number of nitrogens with zero attached hydrogens (tertiary/aromatic N) is 3. The van der Waals surface area contributed by atoms with E-state index in [1.807, 2.05) is 0 Å². The number of anilines is 1. The van der Waals surface area contributed by atoms with Crippen molar-refractivity contribution >= 4 is 17.4 Å². The van der Waals surface area contributed by atoms with Crippen LogP contribution >= 0.6 is 11.6 Å². The summed E-state index contributed by atoms with van der Waals surface area (Å²) in [5.41, 5.74) is 0. The first-order valence-electron chi connectivity index (χ1n) is 6.22. The van der Waals surface area contributed by atoms with Crippen molar-refractivity contribution in [1.29, 1.82) is 0 Å². The Bertz CT molecular complexity index is 413. The zero-order valence-electron chi connectivity index (χ0n) is 10.7. The maximum atomic E-state index is 13.4. The van der Waals surface area contributed by atoms with Crippen molar-refractivity contribution in [3.63, 3.8) is 0 Å². The van der Waals surface area contributed by atoms with Gasteiger partial charge in [-0.1, -0.05) is 0 Å². The summed E-state index contributed by atoms with van der Waals surface area (Å²) in [6, 6.07) is 0.570. The predicted octanol–water partition coefficient (Wildman–Crippen LogP) is 2.41. The molecule has 1 fully saturated rings. The Balaban J connectivity index is 1.87. The van der Waals surface area contributed by atoms with Crippen molar-refractivity contribution in [2.45, 2.75) is 26.3 Å². The lowest BCUT2D eigenvalue weighted by molar-refractivity contribution is 0.266. The Hall–Kier alpha value is -0.940. The summed E-state index contributed by atoms with van der Waals surface area (Å²) in [6.07, 6.45) is 2.22. The lowest BCUT2D eigenvalue weighted by Crippen LogP contribution is -2.29. The molecule has 1 aliphatic heterocycles. The molecule has 18 heavy (non-hydrogen) atoms. The van der Waals surface area contributed by atoms with Gasteiger partial charge in [-0.05, 0) is 44.3 Å². The van der Waals surface area contributed by atoms with Crippen LogP contribution in [-0.2, 0) is 0 Å². The molecule has 1 unspecified atom stereocenters. The molecule has 1 N–H and O–H groups in total. The molecule has 0 spiro atoms. The average molecular weight is 273 g/mol. The number of nitrogens with one attached hydrogen (secondary N) is 1. The number of aromatic nitrogens is 2. The Kier molecular flexibility index (Phi) is 4.35. The molecule has 1 saturated heterocycles. The molecular formula is C12H18ClFN4. The molecule has 0 aliphatic carbocycles. The molecule has 0 bridgehead atoms. The normalized spacial score (nSPS) is 20.6. The highest BCUT2D eigenvalue weighted by molar-refractivity contribution is 6.28. The molecule has 0 aromatic carbocycles. The fraction of sp³-hybridized carbons (Fsp3) is 0.667. The second-order valence-corrected chi connectivity index (χ2v) is 5.30. The molecule has 6 heteroatoms. The lowest BCUT2D eigenvalue weighted by atomic mass is 10.1. The first-order chi connectivity index (χ1) is 8.56. The number of hydrogen-bond acceptors (Lipinski definition) is 4. The summed E-state index contributed by atoms with van der Waals surface area (Å²) >= 11 is 5.64. The molecule has 1 atom stereocenters. The summed E-state index contributed by atoms with van der Waals surface area (Å²) in [4.78, 5) is 9.85. The van der Waals surface area contributed by atoms with Gasteiger partial charge in [0.05, 0.1) is 6.20 Å². The standard InChI is InChI=1S/C12H18ClFN4/c1-8(2)18-4-3-9(7-18)5-15-11-10(14)6-16-12(13)17-11/h6,8-9H,3-5,7H2,1-2H3,(H,15,16,17). The zero-order valence-corrected chi connectivity index (χ0v) is 11.4. The number of likely N-dealkylation sites (tertiary alicyclic amines) is 1. The van der Waals surface area contributed by atoms with E-state index in [4.69, 9.17) is 11.6 Å². The first-order valence-corrected chi connectivity index (χ1v) is 6.60. The minimum Gasteiger partial charge on any atom is -0.367 e. The molecule has 0 saturated carbocycles. The van der Waals surface area contributed by atoms with Crippen LogP contribution in [0.25, 0.3) is 0 Å². The summed E-state index contributed by atoms with van der Waals surface area (Å²) in [6.45, 7) is 7.26. The van der Waals surface area contributed by atoms with Crippen LogP contribution in [0.1, 0.15) is 20.3 Å². The maximum Gasteiger partial charge on any atom is 0.224 e. The minimum atomic E-state index is -0.460. The van der Waals surface area contributed by atoms with Crippen molar-refractivity contribution in [3.8, 4) is 0 Å². The Morgan fingerprint density at radius 3 is 3.06 bits per heavy atom. The summed E-state index contributed by atoms with van der Waals surface area (Å²) in [7, 11) is 0. The van der Waals surface area contributed by atoms with Gasteiger partial charge in [0.1, 0.15) is 0 Å². The molecule has 2 heterocycles. The van der Waals surface area contributed by atoms with Crippen LogP contribution in [0.2, 0.25) is 5.28 Å². The van der Waals surface area contributed by atoms with Gasteiger partial charge in [0.2, 0.25) is 5.28 Å². The SMILES string of the molecule is CC(C)N1CCC(CNc2nc(Cl)ncc2F)C1. The van der Waals surface area contributed by atoms with Crippen LogP contribution in [-0.4, -0.2) is 40.5 Å². The third-order valence-electron chi connectivity index (χ3n) is 3.32. The van der Waals surface area contributed by atoms with E-state index in [0.717, 1.165) is 25.7 Å². The van der Waals surface area contributed by atoms with Gasteiger partial charge < -0.3 is 10.2 Å². The van der Waals surface area contributed by atoms with Gasteiger partial charge >= 0.3 is 0 Å². The van der Waals surface area contributed by atoms with Crippen LogP contribution in [0.3, 0.4) is 0 Å². The molecule has 100 valence electrons. The lowest BCUT2D eigenvalue weighted by Gasteiger charge is -2.20. The summed E-state index contributed by atoms with van der Waals surface area (Å²) in [5, 5.41) is 3.08. The van der Waals surface area contributed by atoms with E-state index in [1.54, 1.807) is 0 Å². The minimum absolute atomic E-state index is 0.0640. The van der Waals surface area contributed by atoms with Crippen LogP contribution in [0.5, 0.6) is 0 Å². The van der Waals surface area contributed by atoms with E-state index in [0.29, 0.717) is 18.5 Å². The van der Waals surface area contributed by atoms with Crippen LogP contribution in [0.15, 0.2) is 6.20 Å². The second-order valence-electron chi connectivity index (χ2n) is 4.96. The molecular weight excluding hydrogens is 255 g/mol. The van der Waals surface area contributed by atoms with Gasteiger partial charge in [-0.15, -0.1) is 0 Å². The van der Waals surface area contributed by atoms with Crippen molar-refractivity contribution in [3.05, 3.63) is 17.3 Å². The average Bonchev–Trinajstić information content (AvgIpc) is 2.79. The topological polar surface area (TPSA) is 41.0 Å².